The zero-order chi connectivity index (χ0) is 10.4. The molecule has 1 rings (SSSR count). The van der Waals surface area contributed by atoms with Crippen molar-refractivity contribution in [2.45, 2.75) is 0 Å². The van der Waals surface area contributed by atoms with Crippen molar-refractivity contribution in [1.29, 1.82) is 0 Å². The maximum absolute atomic E-state index is 10.7. The number of aromatic carboxylic acids is 1. The monoisotopic (exact) mass is 194 g/mol. The van der Waals surface area contributed by atoms with Gasteiger partial charge in [-0.1, -0.05) is 18.2 Å². The van der Waals surface area contributed by atoms with Crippen molar-refractivity contribution in [1.82, 2.24) is 0 Å². The summed E-state index contributed by atoms with van der Waals surface area (Å²) in [6, 6.07) is 6.24. The lowest BCUT2D eigenvalue weighted by atomic mass is 10.2. The zero-order valence-electron chi connectivity index (χ0n) is 7.47. The molecule has 0 bridgehead atoms. The average molecular weight is 194 g/mol. The van der Waals surface area contributed by atoms with Gasteiger partial charge in [-0.05, 0) is 12.1 Å². The number of carbonyl (C=O) groups is 1. The van der Waals surface area contributed by atoms with Gasteiger partial charge in [-0.3, -0.25) is 0 Å². The highest BCUT2D eigenvalue weighted by Crippen LogP contribution is 2.17. The van der Waals surface area contributed by atoms with Gasteiger partial charge in [-0.2, -0.15) is 4.89 Å². The van der Waals surface area contributed by atoms with Crippen LogP contribution in [-0.2, 0) is 4.89 Å². The highest BCUT2D eigenvalue weighted by molar-refractivity contribution is 5.90. The van der Waals surface area contributed by atoms with Gasteiger partial charge in [0.1, 0.15) is 12.2 Å². The van der Waals surface area contributed by atoms with E-state index in [-0.39, 0.29) is 17.9 Å². The van der Waals surface area contributed by atoms with Crippen LogP contribution in [-0.4, -0.2) is 17.7 Å². The minimum absolute atomic E-state index is 0.0663. The Balaban J connectivity index is 2.74. The van der Waals surface area contributed by atoms with Crippen molar-refractivity contribution in [3.8, 4) is 5.75 Å². The first-order valence-corrected chi connectivity index (χ1v) is 3.98. The molecule has 0 fully saturated rings. The Morgan fingerprint density at radius 3 is 2.86 bits per heavy atom. The summed E-state index contributed by atoms with van der Waals surface area (Å²) in [4.78, 5) is 20.2. The Morgan fingerprint density at radius 2 is 2.21 bits per heavy atom. The van der Waals surface area contributed by atoms with E-state index in [1.54, 1.807) is 12.1 Å². The van der Waals surface area contributed by atoms with Gasteiger partial charge in [-0.25, -0.2) is 4.79 Å². The number of rotatable bonds is 5. The predicted octanol–water partition coefficient (Wildman–Crippen LogP) is 1.88. The van der Waals surface area contributed by atoms with E-state index < -0.39 is 5.97 Å². The molecule has 0 aromatic heterocycles. The van der Waals surface area contributed by atoms with Crippen molar-refractivity contribution in [3.05, 3.63) is 42.5 Å². The summed E-state index contributed by atoms with van der Waals surface area (Å²) in [5.74, 6) is -0.871. The molecule has 14 heavy (non-hydrogen) atoms. The molecular formula is C10H10O4. The molecule has 0 amide bonds. The number of carboxylic acid groups (broad SMARTS) is 1. The number of hydrogen-bond donors (Lipinski definition) is 1. The minimum atomic E-state index is -1.05. The molecule has 0 aliphatic carbocycles. The maximum Gasteiger partial charge on any atom is 0.339 e. The lowest BCUT2D eigenvalue weighted by Gasteiger charge is -2.05. The van der Waals surface area contributed by atoms with Gasteiger partial charge in [0, 0.05) is 0 Å². The first-order valence-electron chi connectivity index (χ1n) is 3.98. The van der Waals surface area contributed by atoms with Gasteiger partial charge in [0.05, 0.1) is 0 Å². The summed E-state index contributed by atoms with van der Waals surface area (Å²) < 4.78 is 0. The molecule has 0 heterocycles. The summed E-state index contributed by atoms with van der Waals surface area (Å²) >= 11 is 0. The van der Waals surface area contributed by atoms with Gasteiger partial charge in [0.25, 0.3) is 0 Å². The van der Waals surface area contributed by atoms with E-state index >= 15 is 0 Å². The van der Waals surface area contributed by atoms with Gasteiger partial charge in [0.2, 0.25) is 0 Å². The number of benzene rings is 1. The van der Waals surface area contributed by atoms with Crippen LogP contribution in [0.4, 0.5) is 0 Å². The molecule has 74 valence electrons. The van der Waals surface area contributed by atoms with Crippen molar-refractivity contribution in [2.24, 2.45) is 0 Å². The zero-order valence-corrected chi connectivity index (χ0v) is 7.47. The van der Waals surface area contributed by atoms with Crippen molar-refractivity contribution in [3.63, 3.8) is 0 Å². The Bertz CT molecular complexity index is 333. The summed E-state index contributed by atoms with van der Waals surface area (Å²) in [6.45, 7) is 3.63. The van der Waals surface area contributed by atoms with E-state index in [1.165, 1.54) is 18.2 Å². The van der Waals surface area contributed by atoms with Crippen LogP contribution in [0.15, 0.2) is 36.9 Å². The summed E-state index contributed by atoms with van der Waals surface area (Å²) in [7, 11) is 0. The largest absolute Gasteiger partial charge is 0.478 e. The Hall–Kier alpha value is -1.81. The second-order valence-electron chi connectivity index (χ2n) is 2.46. The van der Waals surface area contributed by atoms with E-state index in [0.717, 1.165) is 0 Å². The third kappa shape index (κ3) is 2.60. The molecule has 1 N–H and O–H groups in total. The van der Waals surface area contributed by atoms with Gasteiger partial charge >= 0.3 is 5.97 Å². The lowest BCUT2D eigenvalue weighted by Crippen LogP contribution is -2.03. The van der Waals surface area contributed by atoms with Gasteiger partial charge in [0.15, 0.2) is 5.75 Å². The van der Waals surface area contributed by atoms with Crippen molar-refractivity contribution >= 4 is 5.97 Å². The topological polar surface area (TPSA) is 55.8 Å². The molecule has 0 aliphatic heterocycles. The molecule has 0 radical (unpaired) electrons. The smallest absolute Gasteiger partial charge is 0.339 e. The second kappa shape index (κ2) is 5.04. The van der Waals surface area contributed by atoms with Crippen LogP contribution < -0.4 is 4.89 Å². The van der Waals surface area contributed by atoms with Gasteiger partial charge in [-0.15, -0.1) is 6.58 Å². The van der Waals surface area contributed by atoms with Crippen LogP contribution in [0.1, 0.15) is 10.4 Å². The molecule has 0 spiro atoms. The summed E-state index contributed by atoms with van der Waals surface area (Å²) in [6.07, 6.45) is 1.50. The first-order chi connectivity index (χ1) is 6.75. The predicted molar refractivity (Wildman–Crippen MR) is 50.2 cm³/mol. The summed E-state index contributed by atoms with van der Waals surface area (Å²) in [5.41, 5.74) is 0.0663. The Morgan fingerprint density at radius 1 is 1.50 bits per heavy atom. The van der Waals surface area contributed by atoms with Crippen LogP contribution >= 0.6 is 0 Å². The molecule has 0 atom stereocenters. The fraction of sp³-hybridized carbons (Fsp3) is 0.100. The highest BCUT2D eigenvalue weighted by atomic mass is 17.2. The number of hydrogen-bond acceptors (Lipinski definition) is 3. The molecule has 0 saturated carbocycles. The van der Waals surface area contributed by atoms with Crippen molar-refractivity contribution < 1.29 is 19.7 Å². The Kier molecular flexibility index (Phi) is 3.69. The van der Waals surface area contributed by atoms with E-state index in [0.29, 0.717) is 0 Å². The number of carboxylic acids is 1. The third-order valence-corrected chi connectivity index (χ3v) is 1.45. The molecule has 4 heteroatoms. The molecule has 4 nitrogen and oxygen atoms in total. The highest BCUT2D eigenvalue weighted by Gasteiger charge is 2.10. The SMILES string of the molecule is C=CCOOc1ccccc1C(=O)O. The lowest BCUT2D eigenvalue weighted by molar-refractivity contribution is -0.196. The number of para-hydroxylation sites is 1. The van der Waals surface area contributed by atoms with E-state index in [9.17, 15) is 4.79 Å². The van der Waals surface area contributed by atoms with E-state index in [4.69, 9.17) is 9.99 Å². The van der Waals surface area contributed by atoms with Crippen molar-refractivity contribution in [2.75, 3.05) is 6.61 Å². The van der Waals surface area contributed by atoms with Crippen LogP contribution in [0.25, 0.3) is 0 Å². The average Bonchev–Trinajstić information content (AvgIpc) is 2.19. The minimum Gasteiger partial charge on any atom is -0.478 e. The van der Waals surface area contributed by atoms with Gasteiger partial charge < -0.3 is 9.99 Å². The second-order valence-corrected chi connectivity index (χ2v) is 2.46. The molecule has 0 unspecified atom stereocenters. The van der Waals surface area contributed by atoms with Crippen LogP contribution in [0.3, 0.4) is 0 Å². The fourth-order valence-corrected chi connectivity index (χ4v) is 0.862. The standard InChI is InChI=1S/C10H10O4/c1-2-7-13-14-9-6-4-3-5-8(9)10(11)12/h2-6H,1,7H2,(H,11,12). The molecule has 0 saturated heterocycles. The molecule has 1 aromatic rings. The Labute approximate surface area is 81.3 Å². The van der Waals surface area contributed by atoms with Crippen LogP contribution in [0.2, 0.25) is 0 Å². The van der Waals surface area contributed by atoms with E-state index in [1.807, 2.05) is 0 Å². The van der Waals surface area contributed by atoms with Crippen LogP contribution in [0.5, 0.6) is 5.75 Å². The quantitative estimate of drug-likeness (QED) is 0.336. The third-order valence-electron chi connectivity index (χ3n) is 1.45. The van der Waals surface area contributed by atoms with Crippen LogP contribution in [0, 0.1) is 0 Å². The molecular weight excluding hydrogens is 184 g/mol. The molecule has 1 aromatic carbocycles. The summed E-state index contributed by atoms with van der Waals surface area (Å²) in [5, 5.41) is 8.77. The normalized spacial score (nSPS) is 9.43. The first kappa shape index (κ1) is 10.3. The maximum atomic E-state index is 10.7. The van der Waals surface area contributed by atoms with E-state index in [2.05, 4.69) is 11.5 Å². The molecule has 0 aliphatic rings. The fourth-order valence-electron chi connectivity index (χ4n) is 0.862.